The monoisotopic (exact) mass is 313 g/mol. The third-order valence-electron chi connectivity index (χ3n) is 3.01. The maximum atomic E-state index is 11.9. The Balaban J connectivity index is 2.34. The molecule has 1 N–H and O–H groups in total. The number of pyridine rings is 1. The summed E-state index contributed by atoms with van der Waals surface area (Å²) in [5, 5.41) is 2.66. The van der Waals surface area contributed by atoms with Crippen LogP contribution in [-0.4, -0.2) is 43.7 Å². The molecule has 1 saturated heterocycles. The molecule has 18 heavy (non-hydrogen) atoms. The smallest absolute Gasteiger partial charge is 0.244 e. The zero-order valence-electron chi connectivity index (χ0n) is 10.4. The molecule has 1 aromatic rings. The Bertz CT molecular complexity index is 453. The van der Waals surface area contributed by atoms with Gasteiger partial charge in [-0.25, -0.2) is 4.98 Å². The minimum Gasteiger partial charge on any atom is -0.377 e. The lowest BCUT2D eigenvalue weighted by Crippen LogP contribution is -2.53. The molecule has 0 saturated carbocycles. The average molecular weight is 314 g/mol. The Morgan fingerprint density at radius 3 is 3.17 bits per heavy atom. The number of nitrogens with zero attached hydrogens (tertiary/aromatic N) is 2. The number of rotatable bonds is 2. The van der Waals surface area contributed by atoms with Gasteiger partial charge in [-0.2, -0.15) is 0 Å². The molecule has 2 heterocycles. The first kappa shape index (κ1) is 13.3. The molecule has 1 amide bonds. The van der Waals surface area contributed by atoms with E-state index in [1.165, 1.54) is 0 Å². The Hall–Kier alpha value is -1.14. The summed E-state index contributed by atoms with van der Waals surface area (Å²) in [5.41, 5.74) is 1.10. The molecule has 0 bridgehead atoms. The lowest BCUT2D eigenvalue weighted by atomic mass is 10.2. The van der Waals surface area contributed by atoms with Crippen LogP contribution in [0.1, 0.15) is 5.56 Å². The van der Waals surface area contributed by atoms with Gasteiger partial charge < -0.3 is 15.0 Å². The molecule has 1 aliphatic heterocycles. The van der Waals surface area contributed by atoms with Gasteiger partial charge in [-0.1, -0.05) is 0 Å². The molecule has 1 aromatic heterocycles. The van der Waals surface area contributed by atoms with Crippen LogP contribution in [0.2, 0.25) is 0 Å². The normalized spacial score (nSPS) is 19.7. The van der Waals surface area contributed by atoms with Gasteiger partial charge in [-0.05, 0) is 34.5 Å². The largest absolute Gasteiger partial charge is 0.377 e. The highest BCUT2D eigenvalue weighted by Gasteiger charge is 2.31. The lowest BCUT2D eigenvalue weighted by molar-refractivity contribution is -0.124. The molecule has 1 unspecified atom stereocenters. The molecule has 5 nitrogen and oxygen atoms in total. The van der Waals surface area contributed by atoms with E-state index in [-0.39, 0.29) is 11.9 Å². The fourth-order valence-electron chi connectivity index (χ4n) is 1.97. The van der Waals surface area contributed by atoms with E-state index in [4.69, 9.17) is 4.74 Å². The molecular weight excluding hydrogens is 298 g/mol. The summed E-state index contributed by atoms with van der Waals surface area (Å²) in [4.78, 5) is 18.2. The van der Waals surface area contributed by atoms with Crippen LogP contribution in [0.3, 0.4) is 0 Å². The van der Waals surface area contributed by atoms with Crippen LogP contribution in [0.5, 0.6) is 0 Å². The van der Waals surface area contributed by atoms with Crippen molar-refractivity contribution in [1.29, 1.82) is 0 Å². The van der Waals surface area contributed by atoms with Gasteiger partial charge in [0.25, 0.3) is 0 Å². The van der Waals surface area contributed by atoms with Gasteiger partial charge in [0.2, 0.25) is 5.91 Å². The van der Waals surface area contributed by atoms with Crippen molar-refractivity contribution in [2.24, 2.45) is 0 Å². The van der Waals surface area contributed by atoms with Crippen molar-refractivity contribution in [2.45, 2.75) is 13.0 Å². The Morgan fingerprint density at radius 2 is 2.44 bits per heavy atom. The van der Waals surface area contributed by atoms with Crippen molar-refractivity contribution in [3.8, 4) is 0 Å². The van der Waals surface area contributed by atoms with E-state index in [0.29, 0.717) is 19.8 Å². The van der Waals surface area contributed by atoms with Gasteiger partial charge >= 0.3 is 0 Å². The molecule has 98 valence electrons. The maximum Gasteiger partial charge on any atom is 0.244 e. The number of halogens is 1. The van der Waals surface area contributed by atoms with Crippen molar-refractivity contribution in [2.75, 3.05) is 31.7 Å². The number of ether oxygens (including phenoxy) is 1. The van der Waals surface area contributed by atoms with Gasteiger partial charge in [0, 0.05) is 19.8 Å². The molecule has 1 atom stereocenters. The number of hydrogen-bond donors (Lipinski definition) is 1. The number of likely N-dealkylation sites (N-methyl/N-ethyl adjacent to an activating group) is 1. The van der Waals surface area contributed by atoms with E-state index < -0.39 is 0 Å². The van der Waals surface area contributed by atoms with Crippen molar-refractivity contribution in [3.05, 3.63) is 22.3 Å². The van der Waals surface area contributed by atoms with Crippen LogP contribution < -0.4 is 10.2 Å². The van der Waals surface area contributed by atoms with Crippen LogP contribution in [0.25, 0.3) is 0 Å². The quantitative estimate of drug-likeness (QED) is 0.888. The van der Waals surface area contributed by atoms with Crippen LogP contribution in [0.4, 0.5) is 5.82 Å². The third kappa shape index (κ3) is 2.49. The zero-order valence-corrected chi connectivity index (χ0v) is 12.0. The van der Waals surface area contributed by atoms with Crippen LogP contribution in [-0.2, 0) is 9.53 Å². The first-order chi connectivity index (χ1) is 8.65. The zero-order chi connectivity index (χ0) is 13.1. The Kier molecular flexibility index (Phi) is 4.19. The summed E-state index contributed by atoms with van der Waals surface area (Å²) >= 11 is 3.54. The van der Waals surface area contributed by atoms with Gasteiger partial charge in [0.1, 0.15) is 11.9 Å². The van der Waals surface area contributed by atoms with Crippen molar-refractivity contribution in [3.63, 3.8) is 0 Å². The molecule has 6 heteroatoms. The van der Waals surface area contributed by atoms with E-state index in [0.717, 1.165) is 15.9 Å². The average Bonchev–Trinajstić information content (AvgIpc) is 2.41. The van der Waals surface area contributed by atoms with Crippen LogP contribution in [0, 0.1) is 6.92 Å². The van der Waals surface area contributed by atoms with Crippen molar-refractivity contribution in [1.82, 2.24) is 10.3 Å². The van der Waals surface area contributed by atoms with Crippen LogP contribution >= 0.6 is 15.9 Å². The molecule has 0 aromatic carbocycles. The number of nitrogens with one attached hydrogen (secondary N) is 1. The number of anilines is 1. The second kappa shape index (κ2) is 5.67. The molecule has 1 aliphatic rings. The standard InChI is InChI=1S/C12H16BrN3O2/c1-8-3-4-15-11(10(8)13)16-5-6-18-7-9(16)12(17)14-2/h3-4,9H,5-7H2,1-2H3,(H,14,17). The SMILES string of the molecule is CNC(=O)C1COCCN1c1nccc(C)c1Br. The predicted octanol–water partition coefficient (Wildman–Crippen LogP) is 1.10. The summed E-state index contributed by atoms with van der Waals surface area (Å²) in [6.07, 6.45) is 1.76. The molecule has 1 fully saturated rings. The Morgan fingerprint density at radius 1 is 1.67 bits per heavy atom. The fraction of sp³-hybridized carbons (Fsp3) is 0.500. The number of aryl methyl sites for hydroxylation is 1. The first-order valence-corrected chi connectivity index (χ1v) is 6.61. The van der Waals surface area contributed by atoms with E-state index in [9.17, 15) is 4.79 Å². The second-order valence-corrected chi connectivity index (χ2v) is 4.96. The lowest BCUT2D eigenvalue weighted by Gasteiger charge is -2.35. The first-order valence-electron chi connectivity index (χ1n) is 5.82. The van der Waals surface area contributed by atoms with Gasteiger partial charge in [-0.3, -0.25) is 4.79 Å². The summed E-state index contributed by atoms with van der Waals surface area (Å²) in [6.45, 7) is 3.66. The molecule has 0 radical (unpaired) electrons. The summed E-state index contributed by atoms with van der Waals surface area (Å²) < 4.78 is 6.31. The molecule has 2 rings (SSSR count). The molecule has 0 aliphatic carbocycles. The van der Waals surface area contributed by atoms with Gasteiger partial charge in [-0.15, -0.1) is 0 Å². The number of amides is 1. The molecule has 0 spiro atoms. The predicted molar refractivity (Wildman–Crippen MR) is 72.7 cm³/mol. The van der Waals surface area contributed by atoms with E-state index >= 15 is 0 Å². The number of aromatic nitrogens is 1. The number of hydrogen-bond acceptors (Lipinski definition) is 4. The molecular formula is C12H16BrN3O2. The topological polar surface area (TPSA) is 54.5 Å². The van der Waals surface area contributed by atoms with E-state index in [2.05, 4.69) is 26.2 Å². The van der Waals surface area contributed by atoms with Crippen LogP contribution in [0.15, 0.2) is 16.7 Å². The Labute approximate surface area is 115 Å². The van der Waals surface area contributed by atoms with E-state index in [1.54, 1.807) is 13.2 Å². The van der Waals surface area contributed by atoms with Gasteiger partial charge in [0.05, 0.1) is 17.7 Å². The minimum absolute atomic E-state index is 0.0510. The van der Waals surface area contributed by atoms with E-state index in [1.807, 2.05) is 17.9 Å². The summed E-state index contributed by atoms with van der Waals surface area (Å²) in [5.74, 6) is 0.747. The highest BCUT2D eigenvalue weighted by Crippen LogP contribution is 2.29. The fourth-order valence-corrected chi connectivity index (χ4v) is 2.43. The second-order valence-electron chi connectivity index (χ2n) is 4.16. The number of carbonyl (C=O) groups excluding carboxylic acids is 1. The third-order valence-corrected chi connectivity index (χ3v) is 3.99. The number of morpholine rings is 1. The highest BCUT2D eigenvalue weighted by atomic mass is 79.9. The highest BCUT2D eigenvalue weighted by molar-refractivity contribution is 9.10. The number of carbonyl (C=O) groups is 1. The van der Waals surface area contributed by atoms with Gasteiger partial charge in [0.15, 0.2) is 0 Å². The van der Waals surface area contributed by atoms with Crippen molar-refractivity contribution < 1.29 is 9.53 Å². The summed E-state index contributed by atoms with van der Waals surface area (Å²) in [7, 11) is 1.63. The maximum absolute atomic E-state index is 11.9. The minimum atomic E-state index is -0.325. The van der Waals surface area contributed by atoms with Crippen molar-refractivity contribution >= 4 is 27.7 Å². The summed E-state index contributed by atoms with van der Waals surface area (Å²) in [6, 6.07) is 1.61.